The second-order valence-electron chi connectivity index (χ2n) is 9.17. The Hall–Kier alpha value is -4.65. The minimum atomic E-state index is -0.592. The molecule has 0 bridgehead atoms. The maximum Gasteiger partial charge on any atom is 0.349 e. The Kier molecular flexibility index (Phi) is 8.86. The van der Waals surface area contributed by atoms with Crippen molar-refractivity contribution in [1.29, 1.82) is 5.26 Å². The van der Waals surface area contributed by atoms with Gasteiger partial charge in [0.05, 0.1) is 13.0 Å². The van der Waals surface area contributed by atoms with Gasteiger partial charge in [-0.05, 0) is 65.7 Å². The molecule has 8 nitrogen and oxygen atoms in total. The van der Waals surface area contributed by atoms with Crippen molar-refractivity contribution in [2.24, 2.45) is 5.73 Å². The molecule has 1 aliphatic rings. The summed E-state index contributed by atoms with van der Waals surface area (Å²) < 4.78 is 29.2. The van der Waals surface area contributed by atoms with Gasteiger partial charge >= 0.3 is 5.97 Å². The second kappa shape index (κ2) is 12.9. The van der Waals surface area contributed by atoms with Gasteiger partial charge < -0.3 is 29.4 Å². The molecule has 0 aromatic heterocycles. The molecule has 4 aromatic rings. The summed E-state index contributed by atoms with van der Waals surface area (Å²) in [6.07, 6.45) is 0. The lowest BCUT2D eigenvalue weighted by atomic mass is 9.83. The van der Waals surface area contributed by atoms with Crippen LogP contribution in [0.1, 0.15) is 22.6 Å². The molecular formula is C32H24BrClN2O6. The van der Waals surface area contributed by atoms with E-state index in [9.17, 15) is 10.1 Å². The standard InChI is InChI=1S/C32H24BrClN2O6/c1-38-29-14-20(4-13-27(29)40-17-19-2-7-22(34)8-3-19)31-25-12-11-24(15-28(25)42-32(36)26(31)16-35)41-30(37)18-39-23-9-5-21(33)6-10-23/h2-15,31H,17-18,36H2,1H3. The number of carbonyl (C=O) groups is 1. The van der Waals surface area contributed by atoms with E-state index in [-0.39, 0.29) is 23.8 Å². The van der Waals surface area contributed by atoms with Crippen molar-refractivity contribution in [1.82, 2.24) is 0 Å². The Balaban J connectivity index is 1.35. The van der Waals surface area contributed by atoms with Crippen LogP contribution in [-0.4, -0.2) is 19.7 Å². The summed E-state index contributed by atoms with van der Waals surface area (Å²) in [5, 5.41) is 10.6. The average molecular weight is 648 g/mol. The van der Waals surface area contributed by atoms with E-state index >= 15 is 0 Å². The van der Waals surface area contributed by atoms with E-state index in [2.05, 4.69) is 22.0 Å². The quantitative estimate of drug-likeness (QED) is 0.154. The average Bonchev–Trinajstić information content (AvgIpc) is 2.99. The first-order valence-corrected chi connectivity index (χ1v) is 13.9. The largest absolute Gasteiger partial charge is 0.493 e. The summed E-state index contributed by atoms with van der Waals surface area (Å²) in [7, 11) is 1.54. The van der Waals surface area contributed by atoms with Crippen LogP contribution in [0.15, 0.2) is 101 Å². The van der Waals surface area contributed by atoms with E-state index in [1.165, 1.54) is 0 Å². The van der Waals surface area contributed by atoms with Gasteiger partial charge in [-0.25, -0.2) is 4.79 Å². The van der Waals surface area contributed by atoms with Gasteiger partial charge in [0.25, 0.3) is 0 Å². The molecule has 10 heteroatoms. The molecule has 0 radical (unpaired) electrons. The lowest BCUT2D eigenvalue weighted by Crippen LogP contribution is -2.21. The maximum atomic E-state index is 12.4. The van der Waals surface area contributed by atoms with E-state index in [0.717, 1.165) is 15.6 Å². The number of allylic oxidation sites excluding steroid dienone is 1. The number of ether oxygens (including phenoxy) is 5. The molecule has 1 aliphatic heterocycles. The lowest BCUT2D eigenvalue weighted by Gasteiger charge is -2.27. The van der Waals surface area contributed by atoms with Crippen molar-refractivity contribution in [2.75, 3.05) is 13.7 Å². The van der Waals surface area contributed by atoms with E-state index in [1.807, 2.05) is 30.3 Å². The van der Waals surface area contributed by atoms with Crippen molar-refractivity contribution >= 4 is 33.5 Å². The number of esters is 1. The fourth-order valence-corrected chi connectivity index (χ4v) is 4.79. The highest BCUT2D eigenvalue weighted by atomic mass is 79.9. The van der Waals surface area contributed by atoms with Crippen molar-refractivity contribution in [3.63, 3.8) is 0 Å². The van der Waals surface area contributed by atoms with Gasteiger partial charge in [0.2, 0.25) is 5.88 Å². The monoisotopic (exact) mass is 646 g/mol. The molecule has 2 N–H and O–H groups in total. The third-order valence-electron chi connectivity index (χ3n) is 6.42. The second-order valence-corrected chi connectivity index (χ2v) is 10.5. The number of methoxy groups -OCH3 is 1. The van der Waals surface area contributed by atoms with Gasteiger partial charge in [0.1, 0.15) is 35.5 Å². The first-order chi connectivity index (χ1) is 20.3. The number of rotatable bonds is 9. The molecule has 42 heavy (non-hydrogen) atoms. The number of nitrogens with zero attached hydrogens (tertiary/aromatic N) is 1. The predicted octanol–water partition coefficient (Wildman–Crippen LogP) is 6.89. The minimum Gasteiger partial charge on any atom is -0.493 e. The van der Waals surface area contributed by atoms with E-state index in [4.69, 9.17) is 41.0 Å². The molecule has 0 aliphatic carbocycles. The molecule has 0 amide bonds. The third kappa shape index (κ3) is 6.62. The van der Waals surface area contributed by atoms with Crippen LogP contribution < -0.4 is 29.4 Å². The molecule has 5 rings (SSSR count). The topological polar surface area (TPSA) is 113 Å². The number of hydrogen-bond donors (Lipinski definition) is 1. The SMILES string of the molecule is COc1cc(C2C(C#N)=C(N)Oc3cc(OC(=O)COc4ccc(Br)cc4)ccc32)ccc1OCc1ccc(Cl)cc1. The highest BCUT2D eigenvalue weighted by Crippen LogP contribution is 2.45. The van der Waals surface area contributed by atoms with E-state index < -0.39 is 11.9 Å². The molecule has 0 fully saturated rings. The molecule has 1 unspecified atom stereocenters. The number of hydrogen-bond acceptors (Lipinski definition) is 8. The van der Waals surface area contributed by atoms with Gasteiger partial charge in [-0.2, -0.15) is 5.26 Å². The molecule has 0 spiro atoms. The number of fused-ring (bicyclic) bond motifs is 1. The van der Waals surface area contributed by atoms with E-state index in [1.54, 1.807) is 61.7 Å². The van der Waals surface area contributed by atoms with Gasteiger partial charge in [0, 0.05) is 21.1 Å². The summed E-state index contributed by atoms with van der Waals surface area (Å²) >= 11 is 9.33. The van der Waals surface area contributed by atoms with Crippen molar-refractivity contribution in [3.8, 4) is 34.8 Å². The van der Waals surface area contributed by atoms with Crippen LogP contribution in [0.3, 0.4) is 0 Å². The Morgan fingerprint density at radius 1 is 0.976 bits per heavy atom. The molecule has 1 atom stereocenters. The number of nitrogens with two attached hydrogens (primary N) is 1. The van der Waals surface area contributed by atoms with Crippen molar-refractivity contribution < 1.29 is 28.5 Å². The molecule has 0 saturated heterocycles. The van der Waals surface area contributed by atoms with Gasteiger partial charge in [-0.15, -0.1) is 0 Å². The highest BCUT2D eigenvalue weighted by molar-refractivity contribution is 9.10. The van der Waals surface area contributed by atoms with Gasteiger partial charge in [-0.3, -0.25) is 0 Å². The molecule has 212 valence electrons. The Bertz CT molecular complexity index is 1680. The highest BCUT2D eigenvalue weighted by Gasteiger charge is 2.32. The van der Waals surface area contributed by atoms with Crippen molar-refractivity contribution in [3.05, 3.63) is 123 Å². The number of benzene rings is 4. The maximum absolute atomic E-state index is 12.4. The molecule has 1 heterocycles. The Labute approximate surface area is 255 Å². The fraction of sp³-hybridized carbons (Fsp3) is 0.125. The smallest absolute Gasteiger partial charge is 0.349 e. The van der Waals surface area contributed by atoms with Gasteiger partial charge in [-0.1, -0.05) is 51.8 Å². The number of halogens is 2. The lowest BCUT2D eigenvalue weighted by molar-refractivity contribution is -0.136. The van der Waals surface area contributed by atoms with Crippen LogP contribution in [0, 0.1) is 11.3 Å². The zero-order chi connectivity index (χ0) is 29.6. The predicted molar refractivity (Wildman–Crippen MR) is 160 cm³/mol. The zero-order valence-electron chi connectivity index (χ0n) is 22.3. The summed E-state index contributed by atoms with van der Waals surface area (Å²) in [6, 6.07) is 27.0. The fourth-order valence-electron chi connectivity index (χ4n) is 4.40. The Morgan fingerprint density at radius 3 is 2.43 bits per heavy atom. The van der Waals surface area contributed by atoms with Crippen molar-refractivity contribution in [2.45, 2.75) is 12.5 Å². The van der Waals surface area contributed by atoms with Crippen LogP contribution in [0.2, 0.25) is 5.02 Å². The number of nitriles is 1. The zero-order valence-corrected chi connectivity index (χ0v) is 24.6. The first-order valence-electron chi connectivity index (χ1n) is 12.7. The minimum absolute atomic E-state index is 0.0425. The molecule has 0 saturated carbocycles. The van der Waals surface area contributed by atoms with Crippen LogP contribution in [-0.2, 0) is 11.4 Å². The Morgan fingerprint density at radius 2 is 1.71 bits per heavy atom. The summed E-state index contributed by atoms with van der Waals surface area (Å²) in [6.45, 7) is 0.0357. The van der Waals surface area contributed by atoms with E-state index in [0.29, 0.717) is 40.2 Å². The third-order valence-corrected chi connectivity index (χ3v) is 7.20. The normalized spacial score (nSPS) is 13.8. The van der Waals surface area contributed by atoms with Crippen LogP contribution in [0.4, 0.5) is 0 Å². The number of carbonyl (C=O) groups excluding carboxylic acids is 1. The summed E-state index contributed by atoms with van der Waals surface area (Å²) in [4.78, 5) is 12.4. The summed E-state index contributed by atoms with van der Waals surface area (Å²) in [5.41, 5.74) is 8.77. The van der Waals surface area contributed by atoms with Crippen LogP contribution in [0.5, 0.6) is 28.7 Å². The summed E-state index contributed by atoms with van der Waals surface area (Å²) in [5.74, 6) is 0.970. The van der Waals surface area contributed by atoms with Crippen LogP contribution in [0.25, 0.3) is 0 Å². The van der Waals surface area contributed by atoms with Gasteiger partial charge in [0.15, 0.2) is 18.1 Å². The molecular weight excluding hydrogens is 624 g/mol. The van der Waals surface area contributed by atoms with Crippen LogP contribution >= 0.6 is 27.5 Å². The molecule has 4 aromatic carbocycles. The first kappa shape index (κ1) is 28.9.